The van der Waals surface area contributed by atoms with Gasteiger partial charge in [0.1, 0.15) is 17.1 Å². The van der Waals surface area contributed by atoms with Gasteiger partial charge in [0.2, 0.25) is 0 Å². The number of aliphatic imine (C=N–C) groups is 1. The molecule has 4 rings (SSSR count). The van der Waals surface area contributed by atoms with Crippen molar-refractivity contribution in [1.82, 2.24) is 16.0 Å². The fourth-order valence-electron chi connectivity index (χ4n) is 3.47. The zero-order valence-electron chi connectivity index (χ0n) is 18.6. The maximum Gasteiger partial charge on any atom is 0.251 e. The Morgan fingerprint density at radius 1 is 0.939 bits per heavy atom. The minimum atomic E-state index is -0.147. The van der Waals surface area contributed by atoms with Crippen LogP contribution < -0.4 is 16.0 Å². The molecule has 0 bridgehead atoms. The molecule has 0 saturated carbocycles. The maximum atomic E-state index is 12.4. The lowest BCUT2D eigenvalue weighted by Crippen LogP contribution is -2.36. The lowest BCUT2D eigenvalue weighted by Gasteiger charge is -2.12. The number of hydrogen-bond donors (Lipinski definition) is 3. The van der Waals surface area contributed by atoms with Gasteiger partial charge in [-0.05, 0) is 42.8 Å². The monoisotopic (exact) mass is 558 g/mol. The number of guanidine groups is 1. The molecule has 2 aromatic heterocycles. The van der Waals surface area contributed by atoms with E-state index in [2.05, 4.69) is 33.9 Å². The van der Waals surface area contributed by atoms with Crippen LogP contribution in [0, 0.1) is 6.92 Å². The first-order valence-electron chi connectivity index (χ1n) is 10.4. The molecule has 33 heavy (non-hydrogen) atoms. The first kappa shape index (κ1) is 24.4. The third kappa shape index (κ3) is 6.16. The topological polar surface area (TPSA) is 91.8 Å². The van der Waals surface area contributed by atoms with Gasteiger partial charge in [-0.25, -0.2) is 0 Å². The van der Waals surface area contributed by atoms with Gasteiger partial charge in [-0.15, -0.1) is 24.0 Å². The van der Waals surface area contributed by atoms with E-state index in [1.807, 2.05) is 42.5 Å². The number of para-hydroxylation sites is 1. The summed E-state index contributed by atoms with van der Waals surface area (Å²) < 4.78 is 11.2. The van der Waals surface area contributed by atoms with Gasteiger partial charge in [0.15, 0.2) is 5.96 Å². The molecule has 0 aliphatic heterocycles. The third-order valence-corrected chi connectivity index (χ3v) is 5.23. The van der Waals surface area contributed by atoms with E-state index < -0.39 is 0 Å². The molecule has 0 fully saturated rings. The Labute approximate surface area is 209 Å². The highest BCUT2D eigenvalue weighted by molar-refractivity contribution is 14.0. The van der Waals surface area contributed by atoms with Crippen LogP contribution in [0.5, 0.6) is 0 Å². The van der Waals surface area contributed by atoms with Gasteiger partial charge in [-0.3, -0.25) is 9.79 Å². The molecule has 7 nitrogen and oxygen atoms in total. The first-order valence-corrected chi connectivity index (χ1v) is 10.4. The molecule has 2 aromatic carbocycles. The van der Waals surface area contributed by atoms with E-state index in [0.29, 0.717) is 36.9 Å². The Morgan fingerprint density at radius 3 is 2.52 bits per heavy atom. The molecule has 8 heteroatoms. The third-order valence-electron chi connectivity index (χ3n) is 5.23. The van der Waals surface area contributed by atoms with E-state index in [9.17, 15) is 4.79 Å². The maximum absolute atomic E-state index is 12.4. The van der Waals surface area contributed by atoms with Crippen molar-refractivity contribution in [2.75, 3.05) is 7.05 Å². The van der Waals surface area contributed by atoms with Crippen molar-refractivity contribution in [3.63, 3.8) is 0 Å². The average molecular weight is 558 g/mol. The van der Waals surface area contributed by atoms with Gasteiger partial charge in [0.25, 0.3) is 5.91 Å². The Hall–Kier alpha value is -3.27. The standard InChI is InChI=1S/C25H26N4O3.HI/c1-17-21-10-3-4-11-22(21)32-23(17)16-29-25(26-2)28-14-18-7-5-8-19(13-18)24(30)27-15-20-9-6-12-31-20;/h3-13H,14-16H2,1-2H3,(H,27,30)(H2,26,28,29);1H. The van der Waals surface area contributed by atoms with Gasteiger partial charge in [0.05, 0.1) is 19.4 Å². The minimum absolute atomic E-state index is 0. The van der Waals surface area contributed by atoms with Crippen LogP contribution in [0.15, 0.2) is 80.8 Å². The van der Waals surface area contributed by atoms with Crippen molar-refractivity contribution in [3.05, 3.63) is 95.1 Å². The highest BCUT2D eigenvalue weighted by Gasteiger charge is 2.11. The summed E-state index contributed by atoms with van der Waals surface area (Å²) in [5, 5.41) is 10.5. The molecule has 0 spiro atoms. The van der Waals surface area contributed by atoms with Crippen molar-refractivity contribution in [2.24, 2.45) is 4.99 Å². The normalized spacial score (nSPS) is 11.2. The molecule has 0 saturated heterocycles. The molecule has 0 atom stereocenters. The summed E-state index contributed by atoms with van der Waals surface area (Å²) in [5.74, 6) is 2.10. The summed E-state index contributed by atoms with van der Waals surface area (Å²) in [6.45, 7) is 3.46. The number of nitrogens with zero attached hydrogens (tertiary/aromatic N) is 1. The molecule has 3 N–H and O–H groups in total. The summed E-state index contributed by atoms with van der Waals surface area (Å²) in [6, 6.07) is 19.1. The van der Waals surface area contributed by atoms with E-state index in [1.165, 1.54) is 0 Å². The van der Waals surface area contributed by atoms with Crippen LogP contribution in [0.4, 0.5) is 0 Å². The molecule has 0 aliphatic rings. The van der Waals surface area contributed by atoms with E-state index in [4.69, 9.17) is 8.83 Å². The highest BCUT2D eigenvalue weighted by Crippen LogP contribution is 2.24. The smallest absolute Gasteiger partial charge is 0.251 e. The molecule has 1 amide bonds. The number of aryl methyl sites for hydroxylation is 1. The SMILES string of the molecule is CN=C(NCc1cccc(C(=O)NCc2ccco2)c1)NCc1oc2ccccc2c1C.I. The lowest BCUT2D eigenvalue weighted by atomic mass is 10.1. The van der Waals surface area contributed by atoms with Crippen LogP contribution in [-0.4, -0.2) is 18.9 Å². The highest BCUT2D eigenvalue weighted by atomic mass is 127. The van der Waals surface area contributed by atoms with Crippen LogP contribution in [0.2, 0.25) is 0 Å². The summed E-state index contributed by atoms with van der Waals surface area (Å²) >= 11 is 0. The number of amides is 1. The molecular weight excluding hydrogens is 531 g/mol. The number of halogens is 1. The fraction of sp³-hybridized carbons (Fsp3) is 0.200. The fourth-order valence-corrected chi connectivity index (χ4v) is 3.47. The summed E-state index contributed by atoms with van der Waals surface area (Å²) in [4.78, 5) is 16.7. The van der Waals surface area contributed by atoms with Crippen molar-refractivity contribution < 1.29 is 13.6 Å². The van der Waals surface area contributed by atoms with E-state index in [1.54, 1.807) is 25.4 Å². The summed E-state index contributed by atoms with van der Waals surface area (Å²) in [5.41, 5.74) is 3.57. The van der Waals surface area contributed by atoms with Crippen molar-refractivity contribution in [2.45, 2.75) is 26.6 Å². The molecule has 0 radical (unpaired) electrons. The molecule has 0 aliphatic carbocycles. The number of carbonyl (C=O) groups is 1. The minimum Gasteiger partial charge on any atom is -0.467 e. The Balaban J connectivity index is 0.00000306. The van der Waals surface area contributed by atoms with Crippen LogP contribution in [0.1, 0.15) is 33.0 Å². The molecular formula is C25H27IN4O3. The molecule has 172 valence electrons. The van der Waals surface area contributed by atoms with Gasteiger partial charge in [-0.2, -0.15) is 0 Å². The number of carbonyl (C=O) groups excluding carboxylic acids is 1. The zero-order valence-corrected chi connectivity index (χ0v) is 20.9. The van der Waals surface area contributed by atoms with Gasteiger partial charge in [0, 0.05) is 30.1 Å². The second-order valence-corrected chi connectivity index (χ2v) is 7.39. The Kier molecular flexibility index (Phi) is 8.53. The van der Waals surface area contributed by atoms with Gasteiger partial charge < -0.3 is 24.8 Å². The number of benzene rings is 2. The Bertz CT molecular complexity index is 1230. The molecule has 4 aromatic rings. The van der Waals surface area contributed by atoms with Crippen LogP contribution >= 0.6 is 24.0 Å². The summed E-state index contributed by atoms with van der Waals surface area (Å²) in [7, 11) is 1.72. The quantitative estimate of drug-likeness (QED) is 0.173. The largest absolute Gasteiger partial charge is 0.467 e. The second-order valence-electron chi connectivity index (χ2n) is 7.39. The molecule has 2 heterocycles. The van der Waals surface area contributed by atoms with Crippen molar-refractivity contribution in [3.8, 4) is 0 Å². The number of hydrogen-bond acceptors (Lipinski definition) is 4. The van der Waals surface area contributed by atoms with Gasteiger partial charge in [-0.1, -0.05) is 30.3 Å². The average Bonchev–Trinajstić information content (AvgIpc) is 3.46. The van der Waals surface area contributed by atoms with Crippen LogP contribution in [0.3, 0.4) is 0 Å². The predicted octanol–water partition coefficient (Wildman–Crippen LogP) is 4.75. The number of fused-ring (bicyclic) bond motifs is 1. The first-order chi connectivity index (χ1) is 15.6. The Morgan fingerprint density at radius 2 is 1.76 bits per heavy atom. The van der Waals surface area contributed by atoms with Gasteiger partial charge >= 0.3 is 0 Å². The van der Waals surface area contributed by atoms with Crippen molar-refractivity contribution in [1.29, 1.82) is 0 Å². The zero-order chi connectivity index (χ0) is 22.3. The van der Waals surface area contributed by atoms with Crippen LogP contribution in [-0.2, 0) is 19.6 Å². The number of rotatable bonds is 7. The van der Waals surface area contributed by atoms with E-state index in [0.717, 1.165) is 27.9 Å². The number of nitrogens with one attached hydrogen (secondary N) is 3. The lowest BCUT2D eigenvalue weighted by molar-refractivity contribution is 0.0948. The predicted molar refractivity (Wildman–Crippen MR) is 140 cm³/mol. The van der Waals surface area contributed by atoms with E-state index >= 15 is 0 Å². The summed E-state index contributed by atoms with van der Waals surface area (Å²) in [6.07, 6.45) is 1.59. The van der Waals surface area contributed by atoms with Crippen molar-refractivity contribution >= 4 is 46.8 Å². The van der Waals surface area contributed by atoms with Crippen LogP contribution in [0.25, 0.3) is 11.0 Å². The molecule has 0 unspecified atom stereocenters. The number of furan rings is 2. The van der Waals surface area contributed by atoms with E-state index in [-0.39, 0.29) is 29.9 Å². The second kappa shape index (κ2) is 11.6.